The van der Waals surface area contributed by atoms with Crippen LogP contribution in [0.1, 0.15) is 13.8 Å². The van der Waals surface area contributed by atoms with Crippen LogP contribution in [0.3, 0.4) is 0 Å². The molecule has 0 aromatic rings. The standard InChI is InChI=1S/C8H13N/c1-4-5-7(2)6-8(3)9/h4-6H,3,9H2,1-2H3/b5-4-,7-6-. The van der Waals surface area contributed by atoms with E-state index in [9.17, 15) is 0 Å². The van der Waals surface area contributed by atoms with E-state index in [0.717, 1.165) is 5.57 Å². The van der Waals surface area contributed by atoms with Crippen LogP contribution in [-0.4, -0.2) is 0 Å². The number of hydrogen-bond donors (Lipinski definition) is 1. The molecule has 0 rings (SSSR count). The Balaban J connectivity index is 4.00. The van der Waals surface area contributed by atoms with Crippen LogP contribution in [0.4, 0.5) is 0 Å². The van der Waals surface area contributed by atoms with Gasteiger partial charge < -0.3 is 5.73 Å². The molecule has 9 heavy (non-hydrogen) atoms. The highest BCUT2D eigenvalue weighted by Gasteiger charge is 1.78. The molecule has 0 fully saturated rings. The van der Waals surface area contributed by atoms with Gasteiger partial charge >= 0.3 is 0 Å². The fourth-order valence-corrected chi connectivity index (χ4v) is 0.603. The smallest absolute Gasteiger partial charge is 0.0243 e. The van der Waals surface area contributed by atoms with Crippen molar-refractivity contribution in [2.75, 3.05) is 0 Å². The van der Waals surface area contributed by atoms with E-state index >= 15 is 0 Å². The van der Waals surface area contributed by atoms with Crippen molar-refractivity contribution in [3.63, 3.8) is 0 Å². The molecule has 0 aromatic heterocycles. The van der Waals surface area contributed by atoms with Crippen molar-refractivity contribution in [1.29, 1.82) is 0 Å². The molecule has 0 atom stereocenters. The fourth-order valence-electron chi connectivity index (χ4n) is 0.603. The van der Waals surface area contributed by atoms with E-state index in [1.807, 2.05) is 32.1 Å². The first kappa shape index (κ1) is 8.02. The van der Waals surface area contributed by atoms with E-state index < -0.39 is 0 Å². The van der Waals surface area contributed by atoms with Gasteiger partial charge in [0.05, 0.1) is 0 Å². The molecule has 0 spiro atoms. The molecule has 0 aromatic carbocycles. The normalized spacial score (nSPS) is 12.4. The van der Waals surface area contributed by atoms with Crippen molar-refractivity contribution in [2.24, 2.45) is 5.73 Å². The van der Waals surface area contributed by atoms with Crippen LogP contribution >= 0.6 is 0 Å². The second kappa shape index (κ2) is 3.96. The van der Waals surface area contributed by atoms with Crippen LogP contribution in [0.2, 0.25) is 0 Å². The van der Waals surface area contributed by atoms with Gasteiger partial charge in [-0.3, -0.25) is 0 Å². The Labute approximate surface area is 56.6 Å². The van der Waals surface area contributed by atoms with Gasteiger partial charge in [-0.25, -0.2) is 0 Å². The summed E-state index contributed by atoms with van der Waals surface area (Å²) < 4.78 is 0. The fraction of sp³-hybridized carbons (Fsp3) is 0.250. The minimum atomic E-state index is 0.602. The predicted molar refractivity (Wildman–Crippen MR) is 41.9 cm³/mol. The monoisotopic (exact) mass is 123 g/mol. The molecule has 2 N–H and O–H groups in total. The van der Waals surface area contributed by atoms with Gasteiger partial charge in [0.2, 0.25) is 0 Å². The van der Waals surface area contributed by atoms with Crippen LogP contribution in [0, 0.1) is 0 Å². The van der Waals surface area contributed by atoms with Crippen LogP contribution in [0.5, 0.6) is 0 Å². The van der Waals surface area contributed by atoms with Gasteiger partial charge in [-0.2, -0.15) is 0 Å². The second-order valence-corrected chi connectivity index (χ2v) is 1.96. The molecular weight excluding hydrogens is 110 g/mol. The van der Waals surface area contributed by atoms with Gasteiger partial charge in [0, 0.05) is 5.70 Å². The van der Waals surface area contributed by atoms with Gasteiger partial charge in [0.1, 0.15) is 0 Å². The predicted octanol–water partition coefficient (Wildman–Crippen LogP) is 1.98. The average molecular weight is 123 g/mol. The van der Waals surface area contributed by atoms with Crippen molar-refractivity contribution in [3.8, 4) is 0 Å². The summed E-state index contributed by atoms with van der Waals surface area (Å²) in [5, 5.41) is 0. The first-order chi connectivity index (χ1) is 4.16. The molecule has 0 saturated heterocycles. The van der Waals surface area contributed by atoms with Crippen molar-refractivity contribution in [3.05, 3.63) is 36.1 Å². The topological polar surface area (TPSA) is 26.0 Å². The van der Waals surface area contributed by atoms with E-state index in [0.29, 0.717) is 5.70 Å². The lowest BCUT2D eigenvalue weighted by molar-refractivity contribution is 1.39. The van der Waals surface area contributed by atoms with Crippen molar-refractivity contribution in [2.45, 2.75) is 13.8 Å². The van der Waals surface area contributed by atoms with E-state index in [1.165, 1.54) is 0 Å². The Morgan fingerprint density at radius 1 is 1.56 bits per heavy atom. The Hall–Kier alpha value is -0.980. The van der Waals surface area contributed by atoms with Gasteiger partial charge in [0.15, 0.2) is 0 Å². The first-order valence-corrected chi connectivity index (χ1v) is 2.92. The van der Waals surface area contributed by atoms with E-state index in [2.05, 4.69) is 6.58 Å². The lowest BCUT2D eigenvalue weighted by Gasteiger charge is -1.89. The minimum Gasteiger partial charge on any atom is -0.399 e. The number of nitrogens with two attached hydrogens (primary N) is 1. The average Bonchev–Trinajstić information content (AvgIpc) is 1.63. The Morgan fingerprint density at radius 2 is 2.11 bits per heavy atom. The van der Waals surface area contributed by atoms with Crippen LogP contribution in [-0.2, 0) is 0 Å². The number of allylic oxidation sites excluding steroid dienone is 4. The molecule has 0 aliphatic heterocycles. The molecule has 0 bridgehead atoms. The molecule has 1 heteroatoms. The van der Waals surface area contributed by atoms with Crippen molar-refractivity contribution in [1.82, 2.24) is 0 Å². The maximum atomic E-state index is 5.32. The van der Waals surface area contributed by atoms with Crippen LogP contribution < -0.4 is 5.73 Å². The van der Waals surface area contributed by atoms with Crippen LogP contribution in [0.15, 0.2) is 36.1 Å². The summed E-state index contributed by atoms with van der Waals surface area (Å²) in [7, 11) is 0. The highest BCUT2D eigenvalue weighted by Crippen LogP contribution is 1.96. The molecule has 0 aliphatic rings. The highest BCUT2D eigenvalue weighted by atomic mass is 14.5. The first-order valence-electron chi connectivity index (χ1n) is 2.92. The van der Waals surface area contributed by atoms with E-state index in [1.54, 1.807) is 0 Å². The molecule has 0 unspecified atom stereocenters. The third kappa shape index (κ3) is 4.88. The molecule has 0 aliphatic carbocycles. The summed E-state index contributed by atoms with van der Waals surface area (Å²) in [5.74, 6) is 0. The lowest BCUT2D eigenvalue weighted by Crippen LogP contribution is -1.89. The molecule has 1 nitrogen and oxygen atoms in total. The molecule has 0 amide bonds. The van der Waals surface area contributed by atoms with Crippen molar-refractivity contribution >= 4 is 0 Å². The number of hydrogen-bond acceptors (Lipinski definition) is 1. The summed E-state index contributed by atoms with van der Waals surface area (Å²) in [5.41, 5.74) is 7.05. The van der Waals surface area contributed by atoms with E-state index in [-0.39, 0.29) is 0 Å². The molecular formula is C8H13N. The zero-order chi connectivity index (χ0) is 7.28. The Kier molecular flexibility index (Phi) is 3.52. The maximum absolute atomic E-state index is 5.32. The SMILES string of the molecule is C=C(N)/C=C(C)\C=C/C. The quantitative estimate of drug-likeness (QED) is 0.558. The van der Waals surface area contributed by atoms with Gasteiger partial charge in [-0.05, 0) is 25.5 Å². The van der Waals surface area contributed by atoms with E-state index in [4.69, 9.17) is 5.73 Å². The van der Waals surface area contributed by atoms with Crippen molar-refractivity contribution < 1.29 is 0 Å². The van der Waals surface area contributed by atoms with Gasteiger partial charge in [-0.1, -0.05) is 18.7 Å². The highest BCUT2D eigenvalue weighted by molar-refractivity contribution is 5.24. The maximum Gasteiger partial charge on any atom is 0.0243 e. The summed E-state index contributed by atoms with van der Waals surface area (Å²) >= 11 is 0. The summed E-state index contributed by atoms with van der Waals surface area (Å²) in [6.45, 7) is 7.50. The molecule has 0 heterocycles. The zero-order valence-electron chi connectivity index (χ0n) is 6.02. The minimum absolute atomic E-state index is 0.602. The number of rotatable bonds is 2. The third-order valence-corrected chi connectivity index (χ3v) is 0.843. The molecule has 0 radical (unpaired) electrons. The second-order valence-electron chi connectivity index (χ2n) is 1.96. The summed E-state index contributed by atoms with van der Waals surface area (Å²) in [6.07, 6.45) is 5.78. The van der Waals surface area contributed by atoms with Crippen LogP contribution in [0.25, 0.3) is 0 Å². The third-order valence-electron chi connectivity index (χ3n) is 0.843. The lowest BCUT2D eigenvalue weighted by atomic mass is 10.2. The Bertz CT molecular complexity index is 152. The van der Waals surface area contributed by atoms with Gasteiger partial charge in [0.25, 0.3) is 0 Å². The summed E-state index contributed by atoms with van der Waals surface area (Å²) in [6, 6.07) is 0. The largest absolute Gasteiger partial charge is 0.399 e. The zero-order valence-corrected chi connectivity index (χ0v) is 6.02. The Morgan fingerprint density at radius 3 is 2.44 bits per heavy atom. The van der Waals surface area contributed by atoms with Gasteiger partial charge in [-0.15, -0.1) is 0 Å². The molecule has 50 valence electrons. The summed E-state index contributed by atoms with van der Waals surface area (Å²) in [4.78, 5) is 0. The molecule has 0 saturated carbocycles.